The Morgan fingerprint density at radius 3 is 1.76 bits per heavy atom. The Hall–Kier alpha value is 0.459. The van der Waals surface area contributed by atoms with Crippen molar-refractivity contribution >= 4 is 45.2 Å². The van der Waals surface area contributed by atoms with E-state index in [2.05, 4.69) is 31.0 Å². The second kappa shape index (κ2) is 10.3. The molecule has 1 rings (SSSR count). The predicted molar refractivity (Wildman–Crippen MR) is 96.6 cm³/mol. The van der Waals surface area contributed by atoms with E-state index in [0.717, 1.165) is 0 Å². The normalized spacial score (nSPS) is 11.9. The third-order valence-corrected chi connectivity index (χ3v) is 20.8. The first-order valence-corrected chi connectivity index (χ1v) is 16.5. The number of halogens is 2. The van der Waals surface area contributed by atoms with Gasteiger partial charge in [0.1, 0.15) is 0 Å². The Morgan fingerprint density at radius 2 is 1.33 bits per heavy atom. The maximum absolute atomic E-state index is 6.44. The zero-order valence-corrected chi connectivity index (χ0v) is 18.0. The Balaban J connectivity index is 3.19. The summed E-state index contributed by atoms with van der Waals surface area (Å²) in [5, 5.41) is 9.14. The van der Waals surface area contributed by atoms with Crippen molar-refractivity contribution in [3.63, 3.8) is 0 Å². The van der Waals surface area contributed by atoms with Crippen LogP contribution in [0, 0.1) is 0 Å². The topological polar surface area (TPSA) is 25.8 Å². The van der Waals surface area contributed by atoms with Crippen molar-refractivity contribution in [2.24, 2.45) is 0 Å². The molecule has 0 aliphatic rings. The van der Waals surface area contributed by atoms with E-state index in [9.17, 15) is 0 Å². The fraction of sp³-hybridized carbons (Fsp3) is 0.750. The minimum atomic E-state index is -2.52. The molecule has 0 aromatic carbocycles. The Bertz CT molecular complexity index is 405. The fourth-order valence-corrected chi connectivity index (χ4v) is 20.8. The van der Waals surface area contributed by atoms with Crippen LogP contribution in [0.4, 0.5) is 0 Å². The summed E-state index contributed by atoms with van der Waals surface area (Å²) in [4.78, 5) is 0. The molecule has 0 aliphatic heterocycles. The number of unbranched alkanes of at least 4 members (excludes halogenated alkanes) is 3. The van der Waals surface area contributed by atoms with Gasteiger partial charge in [-0.15, -0.1) is 0 Å². The first-order valence-electron chi connectivity index (χ1n) is 8.28. The average Bonchev–Trinajstić information content (AvgIpc) is 2.49. The van der Waals surface area contributed by atoms with Crippen molar-refractivity contribution in [2.75, 3.05) is 0 Å². The second-order valence-corrected chi connectivity index (χ2v) is 19.8. The second-order valence-electron chi connectivity index (χ2n) is 5.96. The van der Waals surface area contributed by atoms with E-state index in [-0.39, 0.29) is 0 Å². The molecule has 0 N–H and O–H groups in total. The molecule has 120 valence electrons. The predicted octanol–water partition coefficient (Wildman–Crippen LogP) is 5.84. The minimum absolute atomic E-state index is 0.500. The first kappa shape index (κ1) is 19.5. The molecule has 0 spiro atoms. The summed E-state index contributed by atoms with van der Waals surface area (Å²) in [5.41, 5.74) is 0. The van der Waals surface area contributed by atoms with Gasteiger partial charge >= 0.3 is 144 Å². The molecule has 0 atom stereocenters. The van der Waals surface area contributed by atoms with Crippen LogP contribution in [-0.2, 0) is 0 Å². The number of rotatable bonds is 10. The molecule has 0 bridgehead atoms. The number of hydrogen-bond donors (Lipinski definition) is 0. The Labute approximate surface area is 143 Å². The molecule has 0 radical (unpaired) electrons. The summed E-state index contributed by atoms with van der Waals surface area (Å²) in [7, 11) is 0. The van der Waals surface area contributed by atoms with Crippen LogP contribution in [0.2, 0.25) is 23.6 Å². The van der Waals surface area contributed by atoms with Gasteiger partial charge in [-0.25, -0.2) is 0 Å². The summed E-state index contributed by atoms with van der Waals surface area (Å²) >= 11 is 10.0. The standard InChI is InChI=1S/C4HCl2N2.3C4H9.Sn/c5-3-1-2-4(6)8-7-3;3*1-3-4-2;/h1H;3*1,3-4H2,2H3;. The molecule has 0 saturated heterocycles. The third kappa shape index (κ3) is 5.87. The van der Waals surface area contributed by atoms with Gasteiger partial charge in [-0.1, -0.05) is 0 Å². The molecular formula is C16H28Cl2N2Sn. The van der Waals surface area contributed by atoms with E-state index in [1.807, 2.05) is 6.07 Å². The van der Waals surface area contributed by atoms with Crippen LogP contribution < -0.4 is 3.58 Å². The van der Waals surface area contributed by atoms with Gasteiger partial charge in [0.05, 0.1) is 0 Å². The van der Waals surface area contributed by atoms with Crippen molar-refractivity contribution in [1.29, 1.82) is 0 Å². The van der Waals surface area contributed by atoms with Crippen molar-refractivity contribution in [2.45, 2.75) is 72.6 Å². The maximum atomic E-state index is 6.44. The SMILES string of the molecule is CCC[CH2][Sn]([CH2]CCC)([CH2]CCC)[c]1cc(Cl)nnc1Cl. The molecule has 1 aromatic rings. The zero-order chi connectivity index (χ0) is 15.7. The number of nitrogens with zero attached hydrogens (tertiary/aromatic N) is 2. The van der Waals surface area contributed by atoms with E-state index in [1.165, 1.54) is 55.4 Å². The van der Waals surface area contributed by atoms with Gasteiger partial charge in [-0.2, -0.15) is 0 Å². The van der Waals surface area contributed by atoms with Gasteiger partial charge in [-0.3, -0.25) is 0 Å². The van der Waals surface area contributed by atoms with Crippen LogP contribution in [0.15, 0.2) is 6.07 Å². The van der Waals surface area contributed by atoms with Gasteiger partial charge in [0.2, 0.25) is 0 Å². The molecule has 0 amide bonds. The molecule has 1 heterocycles. The quantitative estimate of drug-likeness (QED) is 0.430. The van der Waals surface area contributed by atoms with Gasteiger partial charge in [0.25, 0.3) is 0 Å². The average molecular weight is 438 g/mol. The fourth-order valence-electron chi connectivity index (χ4n) is 3.05. The van der Waals surface area contributed by atoms with Crippen LogP contribution in [0.25, 0.3) is 0 Å². The molecule has 0 unspecified atom stereocenters. The number of aromatic nitrogens is 2. The molecule has 5 heteroatoms. The summed E-state index contributed by atoms with van der Waals surface area (Å²) < 4.78 is 5.42. The summed E-state index contributed by atoms with van der Waals surface area (Å²) in [6, 6.07) is 2.04. The first-order chi connectivity index (χ1) is 10.1. The van der Waals surface area contributed by atoms with Crippen molar-refractivity contribution in [1.82, 2.24) is 10.2 Å². The molecular weight excluding hydrogens is 410 g/mol. The van der Waals surface area contributed by atoms with E-state index in [4.69, 9.17) is 23.2 Å². The van der Waals surface area contributed by atoms with Crippen molar-refractivity contribution < 1.29 is 0 Å². The van der Waals surface area contributed by atoms with Gasteiger partial charge in [0.15, 0.2) is 0 Å². The van der Waals surface area contributed by atoms with Crippen LogP contribution in [-0.4, -0.2) is 28.6 Å². The molecule has 1 aromatic heterocycles. The van der Waals surface area contributed by atoms with Crippen LogP contribution in [0.1, 0.15) is 59.3 Å². The monoisotopic (exact) mass is 438 g/mol. The molecule has 21 heavy (non-hydrogen) atoms. The summed E-state index contributed by atoms with van der Waals surface area (Å²) in [5.74, 6) is 0. The van der Waals surface area contributed by atoms with E-state index < -0.39 is 18.4 Å². The molecule has 0 aliphatic carbocycles. The van der Waals surface area contributed by atoms with Crippen molar-refractivity contribution in [3.8, 4) is 0 Å². The van der Waals surface area contributed by atoms with E-state index in [1.54, 1.807) is 0 Å². The summed E-state index contributed by atoms with van der Waals surface area (Å²) in [6.07, 6.45) is 7.67. The Morgan fingerprint density at radius 1 is 0.857 bits per heavy atom. The van der Waals surface area contributed by atoms with Gasteiger partial charge < -0.3 is 0 Å². The van der Waals surface area contributed by atoms with E-state index in [0.29, 0.717) is 10.3 Å². The van der Waals surface area contributed by atoms with Crippen molar-refractivity contribution in [3.05, 3.63) is 16.4 Å². The molecule has 0 saturated carbocycles. The zero-order valence-electron chi connectivity index (χ0n) is 13.6. The van der Waals surface area contributed by atoms with Gasteiger partial charge in [-0.05, 0) is 0 Å². The van der Waals surface area contributed by atoms with E-state index >= 15 is 0 Å². The molecule has 0 fully saturated rings. The summed E-state index contributed by atoms with van der Waals surface area (Å²) in [6.45, 7) is 6.82. The molecule has 2 nitrogen and oxygen atoms in total. The van der Waals surface area contributed by atoms with Gasteiger partial charge in [0, 0.05) is 0 Å². The Kier molecular flexibility index (Phi) is 9.54. The van der Waals surface area contributed by atoms with Crippen LogP contribution in [0.3, 0.4) is 0 Å². The van der Waals surface area contributed by atoms with Crippen LogP contribution >= 0.6 is 23.2 Å². The van der Waals surface area contributed by atoms with Crippen LogP contribution in [0.5, 0.6) is 0 Å². The third-order valence-electron chi connectivity index (χ3n) is 4.32. The number of hydrogen-bond acceptors (Lipinski definition) is 2.